The van der Waals surface area contributed by atoms with E-state index in [1.165, 1.54) is 17.0 Å². The number of anilines is 1. The van der Waals surface area contributed by atoms with E-state index in [-0.39, 0.29) is 17.7 Å². The summed E-state index contributed by atoms with van der Waals surface area (Å²) in [6.45, 7) is 2.41. The number of ether oxygens (including phenoxy) is 1. The lowest BCUT2D eigenvalue weighted by Crippen LogP contribution is -2.48. The summed E-state index contributed by atoms with van der Waals surface area (Å²) in [6, 6.07) is 13.5. The van der Waals surface area contributed by atoms with Gasteiger partial charge in [0.1, 0.15) is 11.8 Å². The van der Waals surface area contributed by atoms with Crippen LogP contribution in [0.2, 0.25) is 0 Å². The maximum absolute atomic E-state index is 13.0. The van der Waals surface area contributed by atoms with E-state index in [9.17, 15) is 18.0 Å². The van der Waals surface area contributed by atoms with Gasteiger partial charge in [-0.25, -0.2) is 12.7 Å². The van der Waals surface area contributed by atoms with Crippen molar-refractivity contribution < 1.29 is 22.7 Å². The molecule has 3 rings (SSSR count). The highest BCUT2D eigenvalue weighted by Crippen LogP contribution is 2.29. The molecule has 8 heteroatoms. The Kier molecular flexibility index (Phi) is 5.69. The largest absolute Gasteiger partial charge is 0.494 e. The van der Waals surface area contributed by atoms with Gasteiger partial charge in [0, 0.05) is 19.2 Å². The fourth-order valence-electron chi connectivity index (χ4n) is 3.18. The zero-order valence-corrected chi connectivity index (χ0v) is 16.6. The quantitative estimate of drug-likeness (QED) is 0.741. The van der Waals surface area contributed by atoms with Gasteiger partial charge in [0.05, 0.1) is 11.5 Å². The Morgan fingerprint density at radius 3 is 2.39 bits per heavy atom. The van der Waals surface area contributed by atoms with Crippen LogP contribution in [0.15, 0.2) is 59.5 Å². The van der Waals surface area contributed by atoms with Gasteiger partial charge in [-0.15, -0.1) is 0 Å². The molecule has 0 bridgehead atoms. The molecular formula is C20H22N2O5S. The molecule has 1 heterocycles. The molecule has 0 aromatic heterocycles. The number of hydrogen-bond donors (Lipinski definition) is 0. The van der Waals surface area contributed by atoms with Crippen LogP contribution in [0.5, 0.6) is 5.75 Å². The first kappa shape index (κ1) is 19.9. The van der Waals surface area contributed by atoms with Crippen LogP contribution in [-0.4, -0.2) is 44.2 Å². The van der Waals surface area contributed by atoms with Crippen LogP contribution in [0.25, 0.3) is 0 Å². The Morgan fingerprint density at radius 2 is 1.79 bits per heavy atom. The number of likely N-dealkylation sites (N-methyl/N-ethyl adjacent to an activating group) is 1. The Labute approximate surface area is 164 Å². The third-order valence-corrected chi connectivity index (χ3v) is 6.46. The Bertz CT molecular complexity index is 958. The summed E-state index contributed by atoms with van der Waals surface area (Å²) in [5.41, 5.74) is 0.588. The van der Waals surface area contributed by atoms with Crippen molar-refractivity contribution in [1.29, 1.82) is 0 Å². The first-order valence-electron chi connectivity index (χ1n) is 8.99. The van der Waals surface area contributed by atoms with Gasteiger partial charge in [-0.2, -0.15) is 0 Å². The van der Waals surface area contributed by atoms with Crippen molar-refractivity contribution in [3.63, 3.8) is 0 Å². The van der Waals surface area contributed by atoms with Crippen LogP contribution in [0.3, 0.4) is 0 Å². The summed E-state index contributed by atoms with van der Waals surface area (Å²) in [6.07, 6.45) is 0.171. The summed E-state index contributed by atoms with van der Waals surface area (Å²) < 4.78 is 32.0. The molecule has 0 unspecified atom stereocenters. The lowest BCUT2D eigenvalue weighted by Gasteiger charge is -2.27. The second kappa shape index (κ2) is 8.02. The molecular weight excluding hydrogens is 380 g/mol. The van der Waals surface area contributed by atoms with Crippen LogP contribution in [0.4, 0.5) is 5.69 Å². The maximum atomic E-state index is 13.0. The number of nitrogens with zero attached hydrogens (tertiary/aromatic N) is 2. The van der Waals surface area contributed by atoms with Gasteiger partial charge < -0.3 is 9.64 Å². The summed E-state index contributed by atoms with van der Waals surface area (Å²) in [5, 5.41) is 0. The highest BCUT2D eigenvalue weighted by Gasteiger charge is 2.45. The predicted octanol–water partition coefficient (Wildman–Crippen LogP) is 2.43. The van der Waals surface area contributed by atoms with Crippen LogP contribution in [0.1, 0.15) is 19.8 Å². The Balaban J connectivity index is 1.86. The van der Waals surface area contributed by atoms with E-state index in [0.29, 0.717) is 18.0 Å². The van der Waals surface area contributed by atoms with Gasteiger partial charge in [-0.3, -0.25) is 9.59 Å². The first-order valence-corrected chi connectivity index (χ1v) is 10.4. The lowest BCUT2D eigenvalue weighted by atomic mass is 10.2. The summed E-state index contributed by atoms with van der Waals surface area (Å²) in [5.74, 6) is -0.340. The molecule has 0 radical (unpaired) electrons. The number of amides is 2. The Hall–Kier alpha value is -2.87. The molecule has 1 aliphatic rings. The number of benzene rings is 2. The minimum Gasteiger partial charge on any atom is -0.494 e. The van der Waals surface area contributed by atoms with E-state index in [1.54, 1.807) is 49.5 Å². The zero-order chi connectivity index (χ0) is 20.3. The second-order valence-electron chi connectivity index (χ2n) is 6.39. The fraction of sp³-hybridized carbons (Fsp3) is 0.300. The van der Waals surface area contributed by atoms with Crippen molar-refractivity contribution in [2.24, 2.45) is 0 Å². The van der Waals surface area contributed by atoms with E-state index >= 15 is 0 Å². The molecule has 148 valence electrons. The summed E-state index contributed by atoms with van der Waals surface area (Å²) >= 11 is 0. The second-order valence-corrected chi connectivity index (χ2v) is 8.20. The summed E-state index contributed by atoms with van der Waals surface area (Å²) in [4.78, 5) is 26.7. The Morgan fingerprint density at radius 1 is 1.14 bits per heavy atom. The number of rotatable bonds is 6. The van der Waals surface area contributed by atoms with Gasteiger partial charge in [0.2, 0.25) is 5.91 Å². The van der Waals surface area contributed by atoms with Crippen molar-refractivity contribution in [1.82, 2.24) is 4.31 Å². The highest BCUT2D eigenvalue weighted by molar-refractivity contribution is 7.89. The molecule has 2 aromatic carbocycles. The molecule has 2 aromatic rings. The monoisotopic (exact) mass is 402 g/mol. The standard InChI is InChI=1S/C20H22N2O5S/c1-3-27-16-11-9-15(10-12-16)21(2)20(24)18-13-14-19(23)22(18)28(25,26)17-7-5-4-6-8-17/h4-12,18H,3,13-14H2,1-2H3/t18-/m1/s1. The van der Waals surface area contributed by atoms with Crippen molar-refractivity contribution in [2.75, 3.05) is 18.6 Å². The molecule has 1 saturated heterocycles. The number of hydrogen-bond acceptors (Lipinski definition) is 5. The topological polar surface area (TPSA) is 84.0 Å². The summed E-state index contributed by atoms with van der Waals surface area (Å²) in [7, 11) is -2.53. The fourth-order valence-corrected chi connectivity index (χ4v) is 4.79. The number of sulfonamides is 1. The van der Waals surface area contributed by atoms with Gasteiger partial charge in [-0.1, -0.05) is 18.2 Å². The van der Waals surface area contributed by atoms with Crippen LogP contribution in [-0.2, 0) is 19.6 Å². The molecule has 0 spiro atoms. The van der Waals surface area contributed by atoms with Gasteiger partial charge in [-0.05, 0) is 49.7 Å². The van der Waals surface area contributed by atoms with E-state index < -0.39 is 27.9 Å². The molecule has 0 N–H and O–H groups in total. The molecule has 1 fully saturated rings. The molecule has 28 heavy (non-hydrogen) atoms. The first-order chi connectivity index (χ1) is 13.4. The van der Waals surface area contributed by atoms with Crippen molar-refractivity contribution in [3.8, 4) is 5.75 Å². The van der Waals surface area contributed by atoms with Gasteiger partial charge in [0.15, 0.2) is 0 Å². The molecule has 1 atom stereocenters. The normalized spacial score (nSPS) is 16.9. The van der Waals surface area contributed by atoms with Crippen LogP contribution >= 0.6 is 0 Å². The highest BCUT2D eigenvalue weighted by atomic mass is 32.2. The van der Waals surface area contributed by atoms with E-state index in [4.69, 9.17) is 4.74 Å². The van der Waals surface area contributed by atoms with Crippen LogP contribution < -0.4 is 9.64 Å². The van der Waals surface area contributed by atoms with Crippen LogP contribution in [0, 0.1) is 0 Å². The molecule has 0 saturated carbocycles. The third-order valence-electron chi connectivity index (χ3n) is 4.61. The van der Waals surface area contributed by atoms with Crippen molar-refractivity contribution in [2.45, 2.75) is 30.7 Å². The van der Waals surface area contributed by atoms with E-state index in [2.05, 4.69) is 0 Å². The lowest BCUT2D eigenvalue weighted by molar-refractivity contribution is -0.129. The minimum absolute atomic E-state index is 0.00762. The predicted molar refractivity (Wildman–Crippen MR) is 105 cm³/mol. The van der Waals surface area contributed by atoms with Gasteiger partial charge >= 0.3 is 0 Å². The smallest absolute Gasteiger partial charge is 0.267 e. The third kappa shape index (κ3) is 3.73. The minimum atomic E-state index is -4.10. The average molecular weight is 402 g/mol. The van der Waals surface area contributed by atoms with Crippen molar-refractivity contribution in [3.05, 3.63) is 54.6 Å². The average Bonchev–Trinajstić information content (AvgIpc) is 3.10. The SMILES string of the molecule is CCOc1ccc(N(C)C(=O)[C@H]2CCC(=O)N2S(=O)(=O)c2ccccc2)cc1. The molecule has 2 amide bonds. The number of carbonyl (C=O) groups is 2. The van der Waals surface area contributed by atoms with E-state index in [0.717, 1.165) is 4.31 Å². The number of carbonyl (C=O) groups excluding carboxylic acids is 2. The molecule has 7 nitrogen and oxygen atoms in total. The van der Waals surface area contributed by atoms with Crippen molar-refractivity contribution >= 4 is 27.5 Å². The molecule has 1 aliphatic heterocycles. The van der Waals surface area contributed by atoms with Gasteiger partial charge in [0.25, 0.3) is 15.9 Å². The zero-order valence-electron chi connectivity index (χ0n) is 15.7. The molecule has 0 aliphatic carbocycles. The maximum Gasteiger partial charge on any atom is 0.267 e. The van der Waals surface area contributed by atoms with E-state index in [1.807, 2.05) is 6.92 Å².